The van der Waals surface area contributed by atoms with E-state index in [4.69, 9.17) is 10.5 Å². The summed E-state index contributed by atoms with van der Waals surface area (Å²) in [5.41, 5.74) is 7.25. The van der Waals surface area contributed by atoms with E-state index < -0.39 is 35.5 Å². The van der Waals surface area contributed by atoms with E-state index in [-0.39, 0.29) is 31.3 Å². The highest BCUT2D eigenvalue weighted by molar-refractivity contribution is 6.23. The van der Waals surface area contributed by atoms with Gasteiger partial charge in [0, 0.05) is 18.8 Å². The van der Waals surface area contributed by atoms with Crippen LogP contribution in [0.4, 0.5) is 5.69 Å². The third-order valence-electron chi connectivity index (χ3n) is 7.01. The minimum atomic E-state index is -0.936. The maximum atomic E-state index is 13.3. The van der Waals surface area contributed by atoms with E-state index in [0.717, 1.165) is 16.3 Å². The van der Waals surface area contributed by atoms with Crippen molar-refractivity contribution in [3.63, 3.8) is 0 Å². The molecule has 42 heavy (non-hydrogen) atoms. The van der Waals surface area contributed by atoms with Gasteiger partial charge < -0.3 is 15.8 Å². The third-order valence-corrected chi connectivity index (χ3v) is 7.01. The second-order valence-corrected chi connectivity index (χ2v) is 12.2. The summed E-state index contributed by atoms with van der Waals surface area (Å²) in [5, 5.41) is 7.87. The van der Waals surface area contributed by atoms with Gasteiger partial charge in [-0.3, -0.25) is 29.4 Å². The lowest BCUT2D eigenvalue weighted by atomic mass is 10.0. The number of hydrogen-bond donors (Lipinski definition) is 3. The van der Waals surface area contributed by atoms with Crippen molar-refractivity contribution < 1.29 is 23.9 Å². The smallest absolute Gasteiger partial charge is 0.323 e. The second kappa shape index (κ2) is 12.7. The number of ether oxygens (including phenoxy) is 1. The molecule has 222 valence electrons. The van der Waals surface area contributed by atoms with Crippen molar-refractivity contribution >= 4 is 40.2 Å². The third kappa shape index (κ3) is 7.53. The van der Waals surface area contributed by atoms with Gasteiger partial charge in [-0.15, -0.1) is 0 Å². The second-order valence-electron chi connectivity index (χ2n) is 12.2. The van der Waals surface area contributed by atoms with Crippen molar-refractivity contribution in [2.24, 2.45) is 5.92 Å². The fraction of sp³-hybridized carbons (Fsp3) is 0.394. The number of carbonyl (C=O) groups is 4. The van der Waals surface area contributed by atoms with E-state index in [1.54, 1.807) is 45.0 Å². The largest absolute Gasteiger partial charge is 0.459 e. The number of nitrogens with two attached hydrogens (primary N) is 1. The molecule has 2 atom stereocenters. The predicted octanol–water partition coefficient (Wildman–Crippen LogP) is 4.44. The minimum Gasteiger partial charge on any atom is -0.459 e. The number of imide groups is 1. The molecule has 0 bridgehead atoms. The van der Waals surface area contributed by atoms with Crippen LogP contribution in [-0.2, 0) is 20.9 Å². The number of anilines is 1. The highest BCUT2D eigenvalue weighted by Crippen LogP contribution is 2.28. The summed E-state index contributed by atoms with van der Waals surface area (Å²) in [7, 11) is 0. The van der Waals surface area contributed by atoms with Crippen LogP contribution in [0.25, 0.3) is 10.8 Å². The summed E-state index contributed by atoms with van der Waals surface area (Å²) in [6.45, 7) is 9.54. The molecule has 0 saturated carbocycles. The molecule has 0 aromatic heterocycles. The van der Waals surface area contributed by atoms with E-state index in [0.29, 0.717) is 23.2 Å². The average molecular weight is 573 g/mol. The summed E-state index contributed by atoms with van der Waals surface area (Å²) < 4.78 is 5.68. The molecule has 3 aromatic carbocycles. The van der Waals surface area contributed by atoms with Crippen molar-refractivity contribution in [1.29, 1.82) is 0 Å². The number of rotatable bonds is 11. The Morgan fingerprint density at radius 1 is 0.905 bits per heavy atom. The Labute approximate surface area is 246 Å². The quantitative estimate of drug-likeness (QED) is 0.176. The van der Waals surface area contributed by atoms with Crippen LogP contribution >= 0.6 is 0 Å². The van der Waals surface area contributed by atoms with Crippen molar-refractivity contribution in [3.8, 4) is 0 Å². The van der Waals surface area contributed by atoms with Gasteiger partial charge in [-0.2, -0.15) is 0 Å². The number of nitrogens with zero attached hydrogens (tertiary/aromatic N) is 1. The Balaban J connectivity index is 1.51. The Morgan fingerprint density at radius 2 is 1.52 bits per heavy atom. The average Bonchev–Trinajstić information content (AvgIpc) is 3.14. The molecule has 1 aliphatic rings. The zero-order valence-corrected chi connectivity index (χ0v) is 24.9. The first-order valence-corrected chi connectivity index (χ1v) is 14.3. The van der Waals surface area contributed by atoms with Crippen molar-refractivity contribution in [2.45, 2.75) is 71.7 Å². The van der Waals surface area contributed by atoms with Crippen LogP contribution in [0, 0.1) is 5.92 Å². The molecule has 4 rings (SSSR count). The van der Waals surface area contributed by atoms with Crippen molar-refractivity contribution in [3.05, 3.63) is 77.4 Å². The topological polar surface area (TPSA) is 131 Å². The van der Waals surface area contributed by atoms with Gasteiger partial charge in [0.15, 0.2) is 0 Å². The summed E-state index contributed by atoms with van der Waals surface area (Å²) >= 11 is 0. The molecule has 0 aliphatic carbocycles. The number of nitrogen functional groups attached to an aromatic ring is 1. The maximum Gasteiger partial charge on any atom is 0.323 e. The van der Waals surface area contributed by atoms with E-state index in [1.165, 1.54) is 4.90 Å². The number of benzene rings is 3. The molecule has 0 radical (unpaired) electrons. The Kier molecular flexibility index (Phi) is 9.31. The summed E-state index contributed by atoms with van der Waals surface area (Å²) in [6.07, 6.45) is 0.540. The monoisotopic (exact) mass is 572 g/mol. The number of nitrogens with one attached hydrogen (secondary N) is 2. The molecule has 3 aromatic rings. The van der Waals surface area contributed by atoms with Crippen LogP contribution in [0.2, 0.25) is 0 Å². The van der Waals surface area contributed by atoms with Crippen LogP contribution in [-0.4, -0.2) is 52.8 Å². The number of esters is 1. The predicted molar refractivity (Wildman–Crippen MR) is 163 cm³/mol. The van der Waals surface area contributed by atoms with E-state index in [9.17, 15) is 19.2 Å². The number of fused-ring (bicyclic) bond motifs is 2. The molecule has 0 saturated heterocycles. The molecular weight excluding hydrogens is 532 g/mol. The lowest BCUT2D eigenvalue weighted by molar-refractivity contribution is -0.158. The van der Waals surface area contributed by atoms with Crippen LogP contribution in [0.3, 0.4) is 0 Å². The van der Waals surface area contributed by atoms with Gasteiger partial charge in [0.25, 0.3) is 11.8 Å². The number of carbonyl (C=O) groups excluding carboxylic acids is 4. The molecule has 1 aliphatic heterocycles. The minimum absolute atomic E-state index is 0.0150. The van der Waals surface area contributed by atoms with Crippen LogP contribution < -0.4 is 16.4 Å². The lowest BCUT2D eigenvalue weighted by Gasteiger charge is -2.29. The highest BCUT2D eigenvalue weighted by Gasteiger charge is 2.37. The van der Waals surface area contributed by atoms with Gasteiger partial charge in [-0.05, 0) is 80.1 Å². The first kappa shape index (κ1) is 30.7. The van der Waals surface area contributed by atoms with Gasteiger partial charge in [0.05, 0.1) is 17.2 Å². The van der Waals surface area contributed by atoms with Gasteiger partial charge >= 0.3 is 5.97 Å². The van der Waals surface area contributed by atoms with Crippen LogP contribution in [0.5, 0.6) is 0 Å². The molecular formula is C33H40N4O5. The summed E-state index contributed by atoms with van der Waals surface area (Å²) in [5.74, 6) is -1.48. The number of hydrogen-bond acceptors (Lipinski definition) is 7. The molecule has 4 N–H and O–H groups in total. The van der Waals surface area contributed by atoms with Crippen LogP contribution in [0.1, 0.15) is 73.7 Å². The Morgan fingerprint density at radius 3 is 2.07 bits per heavy atom. The van der Waals surface area contributed by atoms with E-state index in [2.05, 4.69) is 10.6 Å². The zero-order valence-electron chi connectivity index (χ0n) is 24.9. The normalized spacial score (nSPS) is 14.7. The first-order chi connectivity index (χ1) is 19.8. The lowest BCUT2D eigenvalue weighted by Crippen LogP contribution is -2.53. The number of amides is 3. The fourth-order valence-electron chi connectivity index (χ4n) is 5.06. The van der Waals surface area contributed by atoms with E-state index in [1.807, 2.05) is 50.2 Å². The highest BCUT2D eigenvalue weighted by atomic mass is 16.6. The van der Waals surface area contributed by atoms with Crippen molar-refractivity contribution in [2.75, 3.05) is 12.3 Å². The molecule has 9 heteroatoms. The SMILES string of the molecule is CC(C)C[C@H](N[C@H](CCN1C(=O)c2cc3ccccc3cc2C1=O)C(=O)OC(C)(C)C)C(=O)NCc1cccc(N)c1. The Bertz CT molecular complexity index is 1440. The zero-order chi connectivity index (χ0) is 30.6. The van der Waals surface area contributed by atoms with Gasteiger partial charge in [0.2, 0.25) is 5.91 Å². The molecule has 0 fully saturated rings. The molecule has 9 nitrogen and oxygen atoms in total. The summed E-state index contributed by atoms with van der Waals surface area (Å²) in [4.78, 5) is 54.4. The standard InChI is InChI=1S/C33H40N4O5/c1-20(2)15-28(29(38)35-19-21-9-8-12-24(34)16-21)36-27(32(41)42-33(3,4)5)13-14-37-30(39)25-17-22-10-6-7-11-23(22)18-26(25)31(37)40/h6-12,16-18,20,27-28,36H,13-15,19,34H2,1-5H3,(H,35,38)/t27-,28+/m1/s1. The van der Waals surface area contributed by atoms with E-state index >= 15 is 0 Å². The fourth-order valence-corrected chi connectivity index (χ4v) is 5.06. The maximum absolute atomic E-state index is 13.3. The molecule has 0 spiro atoms. The van der Waals surface area contributed by atoms with Crippen LogP contribution in [0.15, 0.2) is 60.7 Å². The first-order valence-electron chi connectivity index (χ1n) is 14.3. The van der Waals surface area contributed by atoms with Gasteiger partial charge in [0.1, 0.15) is 11.6 Å². The molecule has 0 unspecified atom stereocenters. The summed E-state index contributed by atoms with van der Waals surface area (Å²) in [6, 6.07) is 16.6. The van der Waals surface area contributed by atoms with Gasteiger partial charge in [-0.25, -0.2) is 0 Å². The Hall–Kier alpha value is -4.24. The molecule has 3 amide bonds. The molecule has 1 heterocycles. The van der Waals surface area contributed by atoms with Crippen molar-refractivity contribution in [1.82, 2.24) is 15.5 Å². The van der Waals surface area contributed by atoms with Gasteiger partial charge in [-0.1, -0.05) is 50.2 Å².